The maximum atomic E-state index is 4.16. The maximum absolute atomic E-state index is 4.16. The van der Waals surface area contributed by atoms with Crippen LogP contribution in [0, 0.1) is 0 Å². The molecule has 0 N–H and O–H groups in total. The second-order valence-electron chi connectivity index (χ2n) is 2.00. The van der Waals surface area contributed by atoms with Gasteiger partial charge in [0.2, 0.25) is 0 Å². The minimum absolute atomic E-state index is 0.218. The van der Waals surface area contributed by atoms with Crippen molar-refractivity contribution in [1.82, 2.24) is 0 Å². The van der Waals surface area contributed by atoms with Crippen molar-refractivity contribution in [1.29, 1.82) is 0 Å². The molecule has 1 unspecified atom stereocenters. The minimum Gasteiger partial charge on any atom is -0.279 e. The van der Waals surface area contributed by atoms with Crippen LogP contribution >= 0.6 is 0 Å². The molecule has 1 atom stereocenters. The van der Waals surface area contributed by atoms with Gasteiger partial charge in [-0.2, -0.15) is 0 Å². The van der Waals surface area contributed by atoms with Crippen molar-refractivity contribution in [2.75, 3.05) is 0 Å². The molecule has 0 saturated heterocycles. The molecule has 0 aromatic rings. The van der Waals surface area contributed by atoms with Crippen LogP contribution in [-0.2, 0) is 0 Å². The molecule has 2 heteroatoms. The second-order valence-corrected chi connectivity index (χ2v) is 2.00. The number of dihydropyridines is 1. The first-order valence-corrected chi connectivity index (χ1v) is 2.91. The van der Waals surface area contributed by atoms with Gasteiger partial charge in [0.05, 0.1) is 5.71 Å². The summed E-state index contributed by atoms with van der Waals surface area (Å²) >= 11 is 0. The molecular formula is C7H6N2. The number of aliphatic imine (C=N–C) groups is 2. The Morgan fingerprint density at radius 3 is 3.33 bits per heavy atom. The molecule has 2 aliphatic heterocycles. The van der Waals surface area contributed by atoms with E-state index in [0.717, 1.165) is 5.71 Å². The first kappa shape index (κ1) is 4.68. The highest BCUT2D eigenvalue weighted by Crippen LogP contribution is 2.09. The van der Waals surface area contributed by atoms with Gasteiger partial charge in [0.25, 0.3) is 0 Å². The topological polar surface area (TPSA) is 24.7 Å². The van der Waals surface area contributed by atoms with E-state index in [0.29, 0.717) is 0 Å². The van der Waals surface area contributed by atoms with Crippen LogP contribution in [0.1, 0.15) is 0 Å². The van der Waals surface area contributed by atoms with Crippen LogP contribution in [0.15, 0.2) is 34.4 Å². The van der Waals surface area contributed by atoms with Crippen LogP contribution in [0.5, 0.6) is 0 Å². The Morgan fingerprint density at radius 1 is 1.44 bits per heavy atom. The predicted molar refractivity (Wildman–Crippen MR) is 38.0 cm³/mol. The standard InChI is InChI=1S/C7H6N2/c1-2-6-7(8-4-1)3-5-9-6/h1-5,7H. The molecule has 0 bridgehead atoms. The van der Waals surface area contributed by atoms with Gasteiger partial charge in [-0.15, -0.1) is 0 Å². The lowest BCUT2D eigenvalue weighted by Crippen LogP contribution is -2.12. The fourth-order valence-electron chi connectivity index (χ4n) is 0.937. The Morgan fingerprint density at radius 2 is 2.44 bits per heavy atom. The third kappa shape index (κ3) is 0.633. The fraction of sp³-hybridized carbons (Fsp3) is 0.143. The van der Waals surface area contributed by atoms with E-state index < -0.39 is 0 Å². The van der Waals surface area contributed by atoms with Gasteiger partial charge >= 0.3 is 0 Å². The summed E-state index contributed by atoms with van der Waals surface area (Å²) in [6, 6.07) is 0.218. The van der Waals surface area contributed by atoms with Crippen molar-refractivity contribution in [3.63, 3.8) is 0 Å². The van der Waals surface area contributed by atoms with Crippen LogP contribution in [0.2, 0.25) is 0 Å². The van der Waals surface area contributed by atoms with Gasteiger partial charge in [-0.05, 0) is 18.2 Å². The SMILES string of the molecule is C1=CC2=NC=CC2N=C1. The summed E-state index contributed by atoms with van der Waals surface area (Å²) in [5.41, 5.74) is 1.05. The first-order chi connectivity index (χ1) is 4.47. The quantitative estimate of drug-likeness (QED) is 0.452. The lowest BCUT2D eigenvalue weighted by molar-refractivity contribution is 1.11. The van der Waals surface area contributed by atoms with Gasteiger partial charge in [0.15, 0.2) is 0 Å². The summed E-state index contributed by atoms with van der Waals surface area (Å²) in [6.07, 6.45) is 9.47. The molecule has 2 aliphatic rings. The van der Waals surface area contributed by atoms with Crippen LogP contribution < -0.4 is 0 Å². The third-order valence-corrected chi connectivity index (χ3v) is 1.39. The molecule has 2 rings (SSSR count). The van der Waals surface area contributed by atoms with Gasteiger partial charge in [0.1, 0.15) is 6.04 Å². The van der Waals surface area contributed by atoms with E-state index in [1.165, 1.54) is 0 Å². The van der Waals surface area contributed by atoms with E-state index >= 15 is 0 Å². The molecule has 9 heavy (non-hydrogen) atoms. The summed E-state index contributed by atoms with van der Waals surface area (Å²) in [7, 11) is 0. The highest BCUT2D eigenvalue weighted by Gasteiger charge is 2.12. The summed E-state index contributed by atoms with van der Waals surface area (Å²) in [5.74, 6) is 0. The fourth-order valence-corrected chi connectivity index (χ4v) is 0.937. The molecule has 0 saturated carbocycles. The molecule has 0 amide bonds. The van der Waals surface area contributed by atoms with E-state index in [1.54, 1.807) is 12.4 Å². The van der Waals surface area contributed by atoms with E-state index in [1.807, 2.05) is 18.2 Å². The Bertz CT molecular complexity index is 233. The van der Waals surface area contributed by atoms with Gasteiger partial charge in [-0.3, -0.25) is 9.98 Å². The summed E-state index contributed by atoms with van der Waals surface area (Å²) < 4.78 is 0. The van der Waals surface area contributed by atoms with Gasteiger partial charge in [-0.25, -0.2) is 0 Å². The van der Waals surface area contributed by atoms with Crippen molar-refractivity contribution in [3.05, 3.63) is 24.4 Å². The van der Waals surface area contributed by atoms with Crippen molar-refractivity contribution in [3.8, 4) is 0 Å². The average molecular weight is 118 g/mol. The molecule has 0 aromatic heterocycles. The molecule has 0 fully saturated rings. The van der Waals surface area contributed by atoms with Gasteiger partial charge in [-0.1, -0.05) is 0 Å². The average Bonchev–Trinajstić information content (AvgIpc) is 2.33. The first-order valence-electron chi connectivity index (χ1n) is 2.91. The summed E-state index contributed by atoms with van der Waals surface area (Å²) in [5, 5.41) is 0. The van der Waals surface area contributed by atoms with E-state index in [4.69, 9.17) is 0 Å². The lowest BCUT2D eigenvalue weighted by Gasteiger charge is -2.03. The molecule has 0 aliphatic carbocycles. The van der Waals surface area contributed by atoms with Gasteiger partial charge in [0, 0.05) is 12.4 Å². The lowest BCUT2D eigenvalue weighted by atomic mass is 10.1. The maximum Gasteiger partial charge on any atom is 0.112 e. The molecule has 2 nitrogen and oxygen atoms in total. The Kier molecular flexibility index (Phi) is 0.859. The Labute approximate surface area is 53.3 Å². The second kappa shape index (κ2) is 1.65. The number of hydrogen-bond acceptors (Lipinski definition) is 2. The number of nitrogens with zero attached hydrogens (tertiary/aromatic N) is 2. The number of allylic oxidation sites excluding steroid dienone is 1. The van der Waals surface area contributed by atoms with E-state index in [-0.39, 0.29) is 6.04 Å². The van der Waals surface area contributed by atoms with Crippen molar-refractivity contribution in [2.45, 2.75) is 6.04 Å². The zero-order valence-corrected chi connectivity index (χ0v) is 4.86. The molecular weight excluding hydrogens is 112 g/mol. The number of rotatable bonds is 0. The van der Waals surface area contributed by atoms with Crippen molar-refractivity contribution < 1.29 is 0 Å². The molecule has 0 aromatic carbocycles. The monoisotopic (exact) mass is 118 g/mol. The largest absolute Gasteiger partial charge is 0.279 e. The number of hydrogen-bond donors (Lipinski definition) is 0. The smallest absolute Gasteiger partial charge is 0.112 e. The molecule has 2 heterocycles. The van der Waals surface area contributed by atoms with Crippen LogP contribution in [0.4, 0.5) is 0 Å². The zero-order valence-electron chi connectivity index (χ0n) is 4.86. The van der Waals surface area contributed by atoms with Crippen molar-refractivity contribution >= 4 is 11.9 Å². The van der Waals surface area contributed by atoms with E-state index in [2.05, 4.69) is 9.98 Å². The van der Waals surface area contributed by atoms with Gasteiger partial charge < -0.3 is 0 Å². The highest BCUT2D eigenvalue weighted by molar-refractivity contribution is 6.07. The van der Waals surface area contributed by atoms with Crippen molar-refractivity contribution in [2.24, 2.45) is 9.98 Å². The van der Waals surface area contributed by atoms with Crippen LogP contribution in [-0.4, -0.2) is 18.0 Å². The normalized spacial score (nSPS) is 28.4. The predicted octanol–water partition coefficient (Wildman–Crippen LogP) is 0.964. The summed E-state index contributed by atoms with van der Waals surface area (Å²) in [4.78, 5) is 8.26. The zero-order chi connectivity index (χ0) is 6.10. The summed E-state index contributed by atoms with van der Waals surface area (Å²) in [6.45, 7) is 0. The van der Waals surface area contributed by atoms with Crippen LogP contribution in [0.25, 0.3) is 0 Å². The minimum atomic E-state index is 0.218. The molecule has 0 radical (unpaired) electrons. The Hall–Kier alpha value is -1.18. The highest BCUT2D eigenvalue weighted by atomic mass is 14.9. The number of fused-ring (bicyclic) bond motifs is 1. The van der Waals surface area contributed by atoms with Crippen LogP contribution in [0.3, 0.4) is 0 Å². The Balaban J connectivity index is 2.40. The molecule has 44 valence electrons. The third-order valence-electron chi connectivity index (χ3n) is 1.39. The molecule has 0 spiro atoms. The van der Waals surface area contributed by atoms with E-state index in [9.17, 15) is 0 Å².